The van der Waals surface area contributed by atoms with Crippen molar-refractivity contribution >= 4 is 11.9 Å². The molecule has 0 amide bonds. The Morgan fingerprint density at radius 1 is 1.47 bits per heavy atom. The first-order valence-corrected chi connectivity index (χ1v) is 4.67. The fourth-order valence-electron chi connectivity index (χ4n) is 1.91. The summed E-state index contributed by atoms with van der Waals surface area (Å²) in [6, 6.07) is 0. The van der Waals surface area contributed by atoms with E-state index in [-0.39, 0.29) is 19.7 Å². The molecule has 0 saturated carbocycles. The van der Waals surface area contributed by atoms with Crippen LogP contribution in [0.2, 0.25) is 0 Å². The number of likely N-dealkylation sites (tertiary alicyclic amines) is 1. The molecule has 0 bridgehead atoms. The van der Waals surface area contributed by atoms with E-state index in [0.29, 0.717) is 13.0 Å². The van der Waals surface area contributed by atoms with Crippen LogP contribution in [0.5, 0.6) is 0 Å². The first-order valence-electron chi connectivity index (χ1n) is 4.67. The van der Waals surface area contributed by atoms with Crippen LogP contribution in [0.25, 0.3) is 0 Å². The number of carboxylic acids is 2. The summed E-state index contributed by atoms with van der Waals surface area (Å²) in [4.78, 5) is 23.2. The molecule has 6 nitrogen and oxygen atoms in total. The zero-order chi connectivity index (χ0) is 11.5. The minimum absolute atomic E-state index is 0.112. The van der Waals surface area contributed by atoms with E-state index < -0.39 is 17.4 Å². The lowest BCUT2D eigenvalue weighted by Gasteiger charge is -2.23. The van der Waals surface area contributed by atoms with E-state index in [1.807, 2.05) is 0 Å². The van der Waals surface area contributed by atoms with Gasteiger partial charge in [-0.25, -0.2) is 0 Å². The fourth-order valence-corrected chi connectivity index (χ4v) is 1.91. The Bertz CT molecular complexity index is 267. The highest BCUT2D eigenvalue weighted by molar-refractivity contribution is 5.76. The zero-order valence-corrected chi connectivity index (χ0v) is 8.60. The molecule has 2 N–H and O–H groups in total. The molecule has 1 aliphatic rings. The van der Waals surface area contributed by atoms with Gasteiger partial charge in [0.25, 0.3) is 0 Å². The van der Waals surface area contributed by atoms with Crippen LogP contribution in [0, 0.1) is 5.41 Å². The van der Waals surface area contributed by atoms with Crippen LogP contribution in [0.4, 0.5) is 0 Å². The second-order valence-corrected chi connectivity index (χ2v) is 3.87. The van der Waals surface area contributed by atoms with Gasteiger partial charge in [0, 0.05) is 20.2 Å². The van der Waals surface area contributed by atoms with Crippen molar-refractivity contribution in [1.82, 2.24) is 4.90 Å². The standard InChI is InChI=1S/C9H15NO5/c1-15-6-9(8(13)14)2-3-10(5-9)4-7(11)12/h2-6H2,1H3,(H,11,12)(H,13,14). The quantitative estimate of drug-likeness (QED) is 0.645. The topological polar surface area (TPSA) is 87.1 Å². The highest BCUT2D eigenvalue weighted by atomic mass is 16.5. The molecule has 1 atom stereocenters. The Morgan fingerprint density at radius 3 is 2.60 bits per heavy atom. The van der Waals surface area contributed by atoms with Gasteiger partial charge in [-0.2, -0.15) is 0 Å². The van der Waals surface area contributed by atoms with Gasteiger partial charge in [-0.1, -0.05) is 0 Å². The summed E-state index contributed by atoms with van der Waals surface area (Å²) in [6.45, 7) is 0.738. The van der Waals surface area contributed by atoms with Gasteiger partial charge >= 0.3 is 11.9 Å². The largest absolute Gasteiger partial charge is 0.481 e. The molecular weight excluding hydrogens is 202 g/mol. The molecule has 6 heteroatoms. The van der Waals surface area contributed by atoms with Crippen molar-refractivity contribution in [1.29, 1.82) is 0 Å². The van der Waals surface area contributed by atoms with Gasteiger partial charge in [0.05, 0.1) is 13.2 Å². The summed E-state index contributed by atoms with van der Waals surface area (Å²) in [7, 11) is 1.45. The van der Waals surface area contributed by atoms with Crippen molar-refractivity contribution < 1.29 is 24.5 Å². The lowest BCUT2D eigenvalue weighted by molar-refractivity contribution is -0.152. The van der Waals surface area contributed by atoms with Crippen molar-refractivity contribution in [2.75, 3.05) is 33.4 Å². The molecule has 0 radical (unpaired) electrons. The Hall–Kier alpha value is -1.14. The van der Waals surface area contributed by atoms with E-state index in [1.54, 1.807) is 4.90 Å². The number of carbonyl (C=O) groups is 2. The Kier molecular flexibility index (Phi) is 3.65. The molecule has 1 saturated heterocycles. The van der Waals surface area contributed by atoms with Gasteiger partial charge in [-0.15, -0.1) is 0 Å². The van der Waals surface area contributed by atoms with Crippen LogP contribution in [0.3, 0.4) is 0 Å². The van der Waals surface area contributed by atoms with Crippen LogP contribution >= 0.6 is 0 Å². The molecule has 0 aromatic rings. The van der Waals surface area contributed by atoms with Crippen LogP contribution in [0.1, 0.15) is 6.42 Å². The summed E-state index contributed by atoms with van der Waals surface area (Å²) >= 11 is 0. The molecule has 0 aromatic carbocycles. The number of rotatable bonds is 5. The number of hydrogen-bond acceptors (Lipinski definition) is 4. The first kappa shape index (κ1) is 11.9. The molecule has 86 valence electrons. The normalized spacial score (nSPS) is 26.7. The van der Waals surface area contributed by atoms with Crippen molar-refractivity contribution in [2.24, 2.45) is 5.41 Å². The summed E-state index contributed by atoms with van der Waals surface area (Å²) in [5, 5.41) is 17.7. The predicted octanol–water partition coefficient (Wildman–Crippen LogP) is -0.506. The highest BCUT2D eigenvalue weighted by Crippen LogP contribution is 2.30. The molecule has 0 spiro atoms. The third-order valence-corrected chi connectivity index (χ3v) is 2.67. The Morgan fingerprint density at radius 2 is 2.13 bits per heavy atom. The molecule has 15 heavy (non-hydrogen) atoms. The zero-order valence-electron chi connectivity index (χ0n) is 8.60. The van der Waals surface area contributed by atoms with Crippen molar-refractivity contribution in [2.45, 2.75) is 6.42 Å². The van der Waals surface area contributed by atoms with E-state index in [0.717, 1.165) is 0 Å². The van der Waals surface area contributed by atoms with Crippen LogP contribution < -0.4 is 0 Å². The Balaban J connectivity index is 2.63. The summed E-state index contributed by atoms with van der Waals surface area (Å²) in [5.41, 5.74) is -0.940. The minimum Gasteiger partial charge on any atom is -0.481 e. The molecule has 1 aliphatic heterocycles. The van der Waals surface area contributed by atoms with Crippen LogP contribution in [-0.4, -0.2) is 60.4 Å². The molecule has 1 fully saturated rings. The molecular formula is C9H15NO5. The molecule has 1 rings (SSSR count). The van der Waals surface area contributed by atoms with E-state index in [4.69, 9.17) is 14.9 Å². The van der Waals surface area contributed by atoms with Gasteiger partial charge in [-0.05, 0) is 6.42 Å². The molecule has 1 heterocycles. The molecule has 0 aromatic heterocycles. The number of nitrogens with zero attached hydrogens (tertiary/aromatic N) is 1. The summed E-state index contributed by atoms with van der Waals surface area (Å²) in [6.07, 6.45) is 0.434. The second-order valence-electron chi connectivity index (χ2n) is 3.87. The van der Waals surface area contributed by atoms with E-state index in [1.165, 1.54) is 7.11 Å². The Labute approximate surface area is 87.4 Å². The third kappa shape index (κ3) is 2.66. The average Bonchev–Trinajstić information content (AvgIpc) is 2.49. The van der Waals surface area contributed by atoms with Gasteiger partial charge in [0.2, 0.25) is 0 Å². The molecule has 0 aliphatic carbocycles. The predicted molar refractivity (Wildman–Crippen MR) is 50.6 cm³/mol. The lowest BCUT2D eigenvalue weighted by atomic mass is 9.88. The smallest absolute Gasteiger partial charge is 0.317 e. The van der Waals surface area contributed by atoms with Crippen LogP contribution in [-0.2, 0) is 14.3 Å². The number of carboxylic acid groups (broad SMARTS) is 2. The first-order chi connectivity index (χ1) is 7.00. The van der Waals surface area contributed by atoms with Crippen LogP contribution in [0.15, 0.2) is 0 Å². The maximum Gasteiger partial charge on any atom is 0.317 e. The maximum absolute atomic E-state index is 11.1. The van der Waals surface area contributed by atoms with Gasteiger partial charge in [0.15, 0.2) is 0 Å². The third-order valence-electron chi connectivity index (χ3n) is 2.67. The lowest BCUT2D eigenvalue weighted by Crippen LogP contribution is -2.39. The van der Waals surface area contributed by atoms with Crippen molar-refractivity contribution in [3.8, 4) is 0 Å². The van der Waals surface area contributed by atoms with E-state index in [9.17, 15) is 9.59 Å². The monoisotopic (exact) mass is 217 g/mol. The van der Waals surface area contributed by atoms with E-state index >= 15 is 0 Å². The van der Waals surface area contributed by atoms with Crippen molar-refractivity contribution in [3.05, 3.63) is 0 Å². The number of aliphatic carboxylic acids is 2. The summed E-state index contributed by atoms with van der Waals surface area (Å²) < 4.78 is 4.89. The fraction of sp³-hybridized carbons (Fsp3) is 0.778. The van der Waals surface area contributed by atoms with Gasteiger partial charge in [-0.3, -0.25) is 14.5 Å². The van der Waals surface area contributed by atoms with Gasteiger partial charge < -0.3 is 14.9 Å². The SMILES string of the molecule is COCC1(C(=O)O)CCN(CC(=O)O)C1. The van der Waals surface area contributed by atoms with Gasteiger partial charge in [0.1, 0.15) is 5.41 Å². The molecule has 1 unspecified atom stereocenters. The average molecular weight is 217 g/mol. The van der Waals surface area contributed by atoms with Crippen molar-refractivity contribution in [3.63, 3.8) is 0 Å². The highest BCUT2D eigenvalue weighted by Gasteiger charge is 2.45. The number of hydrogen-bond donors (Lipinski definition) is 2. The number of methoxy groups -OCH3 is 1. The second kappa shape index (κ2) is 4.59. The van der Waals surface area contributed by atoms with E-state index in [2.05, 4.69) is 0 Å². The number of ether oxygens (including phenoxy) is 1. The summed E-state index contributed by atoms with van der Waals surface area (Å²) in [5.74, 6) is -1.86. The maximum atomic E-state index is 11.1. The minimum atomic E-state index is -0.940.